The van der Waals surface area contributed by atoms with Gasteiger partial charge >= 0.3 is 0 Å². The molecular weight excluding hydrogens is 288 g/mol. The minimum Gasteiger partial charge on any atom is -0.456 e. The average molecular weight is 307 g/mol. The number of ether oxygens (including phenoxy) is 2. The van der Waals surface area contributed by atoms with Crippen LogP contribution in [0.15, 0.2) is 36.5 Å². The van der Waals surface area contributed by atoms with E-state index < -0.39 is 0 Å². The van der Waals surface area contributed by atoms with Crippen molar-refractivity contribution >= 4 is 11.6 Å². The van der Waals surface area contributed by atoms with Gasteiger partial charge in [0.1, 0.15) is 11.5 Å². The van der Waals surface area contributed by atoms with Crippen LogP contribution in [0.2, 0.25) is 5.02 Å². The summed E-state index contributed by atoms with van der Waals surface area (Å²) in [5, 5.41) is 3.94. The van der Waals surface area contributed by atoms with Gasteiger partial charge in [0.2, 0.25) is 0 Å². The highest BCUT2D eigenvalue weighted by Gasteiger charge is 2.04. The number of benzene rings is 1. The molecular formula is C16H19ClN2O2. The molecule has 0 spiro atoms. The highest BCUT2D eigenvalue weighted by atomic mass is 35.5. The molecule has 1 N–H and O–H groups in total. The van der Waals surface area contributed by atoms with E-state index in [-0.39, 0.29) is 0 Å². The Morgan fingerprint density at radius 2 is 2.00 bits per heavy atom. The Hall–Kier alpha value is -1.62. The van der Waals surface area contributed by atoms with Crippen LogP contribution < -0.4 is 10.1 Å². The fraction of sp³-hybridized carbons (Fsp3) is 0.312. The molecule has 0 fully saturated rings. The second-order valence-electron chi connectivity index (χ2n) is 4.66. The predicted molar refractivity (Wildman–Crippen MR) is 84.1 cm³/mol. The maximum Gasteiger partial charge on any atom is 0.145 e. The molecule has 0 atom stereocenters. The van der Waals surface area contributed by atoms with Gasteiger partial charge in [-0.05, 0) is 36.8 Å². The number of halogens is 1. The Kier molecular flexibility index (Phi) is 5.99. The molecule has 1 aromatic carbocycles. The van der Waals surface area contributed by atoms with Crippen LogP contribution in [-0.2, 0) is 11.3 Å². The van der Waals surface area contributed by atoms with Crippen LogP contribution in [0, 0.1) is 6.92 Å². The van der Waals surface area contributed by atoms with Gasteiger partial charge in [-0.15, -0.1) is 0 Å². The monoisotopic (exact) mass is 306 g/mol. The third-order valence-corrected chi connectivity index (χ3v) is 3.29. The number of pyridine rings is 1. The molecule has 0 saturated carbocycles. The molecule has 4 nitrogen and oxygen atoms in total. The second kappa shape index (κ2) is 7.98. The van der Waals surface area contributed by atoms with Crippen LogP contribution in [0.25, 0.3) is 0 Å². The van der Waals surface area contributed by atoms with Gasteiger partial charge in [-0.2, -0.15) is 0 Å². The van der Waals surface area contributed by atoms with Crippen LogP contribution in [0.4, 0.5) is 0 Å². The van der Waals surface area contributed by atoms with Gasteiger partial charge in [-0.1, -0.05) is 17.7 Å². The van der Waals surface area contributed by atoms with Gasteiger partial charge in [0.25, 0.3) is 0 Å². The van der Waals surface area contributed by atoms with Crippen molar-refractivity contribution in [2.75, 3.05) is 20.3 Å². The molecule has 0 aliphatic carbocycles. The highest BCUT2D eigenvalue weighted by molar-refractivity contribution is 6.31. The molecule has 21 heavy (non-hydrogen) atoms. The Labute approximate surface area is 130 Å². The van der Waals surface area contributed by atoms with Crippen molar-refractivity contribution in [3.63, 3.8) is 0 Å². The summed E-state index contributed by atoms with van der Waals surface area (Å²) in [6.45, 7) is 4.11. The third kappa shape index (κ3) is 5.01. The lowest BCUT2D eigenvalue weighted by molar-refractivity contribution is 0.199. The largest absolute Gasteiger partial charge is 0.456 e. The zero-order chi connectivity index (χ0) is 15.1. The van der Waals surface area contributed by atoms with E-state index in [1.54, 1.807) is 13.3 Å². The lowest BCUT2D eigenvalue weighted by Gasteiger charge is -2.09. The first-order valence-electron chi connectivity index (χ1n) is 6.77. The minimum absolute atomic E-state index is 0.678. The number of aryl methyl sites for hydroxylation is 1. The van der Waals surface area contributed by atoms with Crippen LogP contribution in [-0.4, -0.2) is 25.2 Å². The number of hydrogen-bond acceptors (Lipinski definition) is 4. The Morgan fingerprint density at radius 3 is 2.67 bits per heavy atom. The average Bonchev–Trinajstić information content (AvgIpc) is 2.48. The van der Waals surface area contributed by atoms with E-state index in [0.717, 1.165) is 17.8 Å². The van der Waals surface area contributed by atoms with E-state index >= 15 is 0 Å². The van der Waals surface area contributed by atoms with E-state index in [0.29, 0.717) is 29.7 Å². The second-order valence-corrected chi connectivity index (χ2v) is 5.07. The zero-order valence-corrected chi connectivity index (χ0v) is 13.0. The number of aromatic nitrogens is 1. The SMILES string of the molecule is COCCNCc1ccc(Oc2ccc(C)nc2)cc1Cl. The van der Waals surface area contributed by atoms with Crippen molar-refractivity contribution in [1.29, 1.82) is 0 Å². The molecule has 112 valence electrons. The Balaban J connectivity index is 1.96. The molecule has 0 aliphatic heterocycles. The van der Waals surface area contributed by atoms with Crippen LogP contribution in [0.5, 0.6) is 11.5 Å². The molecule has 0 bridgehead atoms. The maximum atomic E-state index is 6.27. The summed E-state index contributed by atoms with van der Waals surface area (Å²) in [4.78, 5) is 4.19. The first-order valence-corrected chi connectivity index (χ1v) is 7.15. The molecule has 0 aliphatic rings. The molecule has 0 saturated heterocycles. The van der Waals surface area contributed by atoms with Gasteiger partial charge in [-0.3, -0.25) is 4.98 Å². The maximum absolute atomic E-state index is 6.27. The van der Waals surface area contributed by atoms with E-state index in [1.165, 1.54) is 0 Å². The van der Waals surface area contributed by atoms with Gasteiger partial charge in [0, 0.05) is 30.9 Å². The van der Waals surface area contributed by atoms with E-state index in [9.17, 15) is 0 Å². The lowest BCUT2D eigenvalue weighted by Crippen LogP contribution is -2.18. The molecule has 2 aromatic rings. The number of nitrogens with one attached hydrogen (secondary N) is 1. The van der Waals surface area contributed by atoms with E-state index in [4.69, 9.17) is 21.1 Å². The standard InChI is InChI=1S/C16H19ClN2O2/c1-12-3-5-15(11-19-12)21-14-6-4-13(16(17)9-14)10-18-7-8-20-2/h3-6,9,11,18H,7-8,10H2,1-2H3. The summed E-state index contributed by atoms with van der Waals surface area (Å²) in [6.07, 6.45) is 1.70. The van der Waals surface area contributed by atoms with Gasteiger partial charge in [0.15, 0.2) is 0 Å². The Bertz CT molecular complexity index is 573. The predicted octanol–water partition coefficient (Wildman–Crippen LogP) is 3.57. The van der Waals surface area contributed by atoms with Crippen molar-refractivity contribution in [2.45, 2.75) is 13.5 Å². The van der Waals surface area contributed by atoms with Crippen LogP contribution in [0.1, 0.15) is 11.3 Å². The normalized spacial score (nSPS) is 10.6. The highest BCUT2D eigenvalue weighted by Crippen LogP contribution is 2.26. The molecule has 0 unspecified atom stereocenters. The summed E-state index contributed by atoms with van der Waals surface area (Å²) >= 11 is 6.27. The lowest BCUT2D eigenvalue weighted by atomic mass is 10.2. The van der Waals surface area contributed by atoms with Crippen molar-refractivity contribution in [3.05, 3.63) is 52.8 Å². The molecule has 5 heteroatoms. The van der Waals surface area contributed by atoms with Gasteiger partial charge < -0.3 is 14.8 Å². The zero-order valence-electron chi connectivity index (χ0n) is 12.2. The fourth-order valence-electron chi connectivity index (χ4n) is 1.78. The van der Waals surface area contributed by atoms with Crippen molar-refractivity contribution in [3.8, 4) is 11.5 Å². The van der Waals surface area contributed by atoms with E-state index in [2.05, 4.69) is 10.3 Å². The molecule has 0 radical (unpaired) electrons. The van der Waals surface area contributed by atoms with Crippen LogP contribution >= 0.6 is 11.6 Å². The minimum atomic E-state index is 0.678. The first kappa shape index (κ1) is 15.8. The smallest absolute Gasteiger partial charge is 0.145 e. The van der Waals surface area contributed by atoms with E-state index in [1.807, 2.05) is 37.3 Å². The van der Waals surface area contributed by atoms with Crippen molar-refractivity contribution < 1.29 is 9.47 Å². The summed E-state index contributed by atoms with van der Waals surface area (Å²) in [5.41, 5.74) is 1.99. The Morgan fingerprint density at radius 1 is 1.19 bits per heavy atom. The topological polar surface area (TPSA) is 43.4 Å². The third-order valence-electron chi connectivity index (χ3n) is 2.94. The number of methoxy groups -OCH3 is 1. The van der Waals surface area contributed by atoms with Crippen molar-refractivity contribution in [2.24, 2.45) is 0 Å². The van der Waals surface area contributed by atoms with Crippen molar-refractivity contribution in [1.82, 2.24) is 10.3 Å². The molecule has 1 aromatic heterocycles. The summed E-state index contributed by atoms with van der Waals surface area (Å²) in [5.74, 6) is 1.40. The van der Waals surface area contributed by atoms with Gasteiger partial charge in [-0.25, -0.2) is 0 Å². The molecule has 1 heterocycles. The number of hydrogen-bond donors (Lipinski definition) is 1. The summed E-state index contributed by atoms with van der Waals surface area (Å²) in [6, 6.07) is 9.47. The number of rotatable bonds is 7. The summed E-state index contributed by atoms with van der Waals surface area (Å²) in [7, 11) is 1.68. The molecule has 2 rings (SSSR count). The van der Waals surface area contributed by atoms with Crippen LogP contribution in [0.3, 0.4) is 0 Å². The quantitative estimate of drug-likeness (QED) is 0.794. The number of nitrogens with zero attached hydrogens (tertiary/aromatic N) is 1. The first-order chi connectivity index (χ1) is 10.2. The summed E-state index contributed by atoms with van der Waals surface area (Å²) < 4.78 is 10.7. The fourth-order valence-corrected chi connectivity index (χ4v) is 2.02. The molecule has 0 amide bonds. The van der Waals surface area contributed by atoms with Gasteiger partial charge in [0.05, 0.1) is 12.8 Å².